The summed E-state index contributed by atoms with van der Waals surface area (Å²) in [6.45, 7) is 4.02. The SMILES string of the molecule is CSc1sc(C(=O)O)c2c1C(=O)CC(C)(C)C2. The number of aromatic carboxylic acids is 1. The summed E-state index contributed by atoms with van der Waals surface area (Å²) in [4.78, 5) is 23.7. The standard InChI is InChI=1S/C12H14O3S2/c1-12(2)4-6-8(7(13)5-12)11(16-3)17-9(6)10(14)15/h4-5H2,1-3H3,(H,14,15). The molecule has 1 heterocycles. The molecule has 5 heteroatoms. The molecule has 0 atom stereocenters. The third-order valence-corrected chi connectivity index (χ3v) is 5.27. The summed E-state index contributed by atoms with van der Waals surface area (Å²) in [7, 11) is 0. The van der Waals surface area contributed by atoms with Crippen molar-refractivity contribution in [1.82, 2.24) is 0 Å². The Morgan fingerprint density at radius 2 is 2.06 bits per heavy atom. The number of hydrogen-bond donors (Lipinski definition) is 1. The molecule has 1 aromatic rings. The minimum atomic E-state index is -0.919. The van der Waals surface area contributed by atoms with E-state index in [0.717, 1.165) is 9.77 Å². The number of rotatable bonds is 2. The van der Waals surface area contributed by atoms with Crippen LogP contribution in [-0.2, 0) is 6.42 Å². The van der Waals surface area contributed by atoms with Gasteiger partial charge in [-0.2, -0.15) is 0 Å². The van der Waals surface area contributed by atoms with Gasteiger partial charge in [0.25, 0.3) is 0 Å². The van der Waals surface area contributed by atoms with Crippen LogP contribution >= 0.6 is 23.1 Å². The fourth-order valence-electron chi connectivity index (χ4n) is 2.27. The fraction of sp³-hybridized carbons (Fsp3) is 0.500. The summed E-state index contributed by atoms with van der Waals surface area (Å²) in [5.41, 5.74) is 1.28. The van der Waals surface area contributed by atoms with Crippen LogP contribution in [0, 0.1) is 5.41 Å². The van der Waals surface area contributed by atoms with Crippen molar-refractivity contribution in [1.29, 1.82) is 0 Å². The van der Waals surface area contributed by atoms with E-state index in [1.807, 2.05) is 20.1 Å². The lowest BCUT2D eigenvalue weighted by Crippen LogP contribution is -2.27. The molecule has 17 heavy (non-hydrogen) atoms. The molecule has 2 rings (SSSR count). The number of Topliss-reactive ketones (excluding diaryl/α,β-unsaturated/α-hetero) is 1. The number of carbonyl (C=O) groups is 2. The van der Waals surface area contributed by atoms with Gasteiger partial charge in [-0.05, 0) is 23.7 Å². The molecule has 0 radical (unpaired) electrons. The second-order valence-electron chi connectivity index (χ2n) is 5.02. The number of carbonyl (C=O) groups excluding carboxylic acids is 1. The molecule has 92 valence electrons. The van der Waals surface area contributed by atoms with Crippen LogP contribution in [0.5, 0.6) is 0 Å². The fourth-order valence-corrected chi connectivity index (χ4v) is 4.21. The molecule has 0 unspecified atom stereocenters. The van der Waals surface area contributed by atoms with Crippen LogP contribution in [0.25, 0.3) is 0 Å². The topological polar surface area (TPSA) is 54.4 Å². The van der Waals surface area contributed by atoms with Gasteiger partial charge in [0.1, 0.15) is 4.88 Å². The van der Waals surface area contributed by atoms with Crippen LogP contribution in [0.2, 0.25) is 0 Å². The maximum Gasteiger partial charge on any atom is 0.346 e. The average molecular weight is 270 g/mol. The zero-order valence-electron chi connectivity index (χ0n) is 9.99. The molecule has 1 aliphatic carbocycles. The smallest absolute Gasteiger partial charge is 0.346 e. The highest BCUT2D eigenvalue weighted by molar-refractivity contribution is 8.00. The molecule has 0 aromatic carbocycles. The second-order valence-corrected chi connectivity index (χ2v) is 7.12. The van der Waals surface area contributed by atoms with Crippen LogP contribution < -0.4 is 0 Å². The highest BCUT2D eigenvalue weighted by Crippen LogP contribution is 2.44. The summed E-state index contributed by atoms with van der Waals surface area (Å²) in [5, 5.41) is 9.20. The molecule has 0 bridgehead atoms. The summed E-state index contributed by atoms with van der Waals surface area (Å²) >= 11 is 2.69. The van der Waals surface area contributed by atoms with E-state index in [4.69, 9.17) is 0 Å². The van der Waals surface area contributed by atoms with Crippen LogP contribution in [0.3, 0.4) is 0 Å². The van der Waals surface area contributed by atoms with Crippen molar-refractivity contribution < 1.29 is 14.7 Å². The van der Waals surface area contributed by atoms with E-state index in [9.17, 15) is 14.7 Å². The number of fused-ring (bicyclic) bond motifs is 1. The predicted octanol–water partition coefficient (Wildman–Crippen LogP) is 3.32. The first-order valence-electron chi connectivity index (χ1n) is 5.32. The van der Waals surface area contributed by atoms with E-state index in [-0.39, 0.29) is 11.2 Å². The van der Waals surface area contributed by atoms with Gasteiger partial charge >= 0.3 is 5.97 Å². The first kappa shape index (κ1) is 12.6. The predicted molar refractivity (Wildman–Crippen MR) is 69.5 cm³/mol. The monoisotopic (exact) mass is 270 g/mol. The minimum Gasteiger partial charge on any atom is -0.477 e. The summed E-state index contributed by atoms with van der Waals surface area (Å²) in [5.74, 6) is -0.832. The number of carboxylic acid groups (broad SMARTS) is 1. The van der Waals surface area contributed by atoms with E-state index in [1.165, 1.54) is 23.1 Å². The zero-order valence-corrected chi connectivity index (χ0v) is 11.6. The third-order valence-electron chi connectivity index (χ3n) is 2.93. The Morgan fingerprint density at radius 3 is 2.59 bits per heavy atom. The van der Waals surface area contributed by atoms with Crippen molar-refractivity contribution in [2.45, 2.75) is 30.9 Å². The van der Waals surface area contributed by atoms with Crippen molar-refractivity contribution in [2.75, 3.05) is 6.26 Å². The number of hydrogen-bond acceptors (Lipinski definition) is 4. The van der Waals surface area contributed by atoms with Crippen LogP contribution in [0.15, 0.2) is 4.21 Å². The average Bonchev–Trinajstić information content (AvgIpc) is 2.54. The van der Waals surface area contributed by atoms with Gasteiger partial charge in [-0.15, -0.1) is 23.1 Å². The van der Waals surface area contributed by atoms with Gasteiger partial charge < -0.3 is 5.11 Å². The maximum atomic E-state index is 12.1. The van der Waals surface area contributed by atoms with Gasteiger partial charge in [-0.25, -0.2) is 4.79 Å². The first-order chi connectivity index (χ1) is 7.85. The molecular weight excluding hydrogens is 256 g/mol. The highest BCUT2D eigenvalue weighted by Gasteiger charge is 2.37. The number of carboxylic acids is 1. The molecule has 0 saturated carbocycles. The van der Waals surface area contributed by atoms with Crippen molar-refractivity contribution >= 4 is 34.9 Å². The van der Waals surface area contributed by atoms with Crippen molar-refractivity contribution in [3.63, 3.8) is 0 Å². The Hall–Kier alpha value is -0.810. The molecule has 0 saturated heterocycles. The van der Waals surface area contributed by atoms with Gasteiger partial charge in [0, 0.05) is 12.0 Å². The largest absolute Gasteiger partial charge is 0.477 e. The van der Waals surface area contributed by atoms with Crippen molar-refractivity contribution in [3.05, 3.63) is 16.0 Å². The highest BCUT2D eigenvalue weighted by atomic mass is 32.2. The number of ketones is 1. The molecule has 0 amide bonds. The molecule has 1 aliphatic rings. The summed E-state index contributed by atoms with van der Waals surface area (Å²) in [6.07, 6.45) is 3.06. The van der Waals surface area contributed by atoms with E-state index in [1.54, 1.807) is 0 Å². The Kier molecular flexibility index (Phi) is 3.08. The lowest BCUT2D eigenvalue weighted by atomic mass is 9.74. The second kappa shape index (κ2) is 4.14. The normalized spacial score (nSPS) is 17.9. The Balaban J connectivity index is 2.64. The summed E-state index contributed by atoms with van der Waals surface area (Å²) < 4.78 is 0.845. The molecule has 0 aliphatic heterocycles. The van der Waals surface area contributed by atoms with Gasteiger partial charge in [-0.3, -0.25) is 4.79 Å². The summed E-state index contributed by atoms with van der Waals surface area (Å²) in [6, 6.07) is 0. The molecular formula is C12H14O3S2. The molecule has 0 fully saturated rings. The van der Waals surface area contributed by atoms with Gasteiger partial charge in [0.15, 0.2) is 5.78 Å². The van der Waals surface area contributed by atoms with E-state index >= 15 is 0 Å². The molecule has 0 spiro atoms. The van der Waals surface area contributed by atoms with Crippen LogP contribution in [0.1, 0.15) is 45.9 Å². The quantitative estimate of drug-likeness (QED) is 0.838. The lowest BCUT2D eigenvalue weighted by Gasteiger charge is -2.29. The Morgan fingerprint density at radius 1 is 1.41 bits per heavy atom. The van der Waals surface area contributed by atoms with Crippen LogP contribution in [0.4, 0.5) is 0 Å². The zero-order chi connectivity index (χ0) is 12.8. The van der Waals surface area contributed by atoms with Gasteiger partial charge in [0.2, 0.25) is 0 Å². The van der Waals surface area contributed by atoms with Gasteiger partial charge in [0.05, 0.1) is 4.21 Å². The number of thiophene rings is 1. The molecule has 1 aromatic heterocycles. The third kappa shape index (κ3) is 2.13. The maximum absolute atomic E-state index is 12.1. The van der Waals surface area contributed by atoms with Crippen LogP contribution in [-0.4, -0.2) is 23.1 Å². The molecule has 1 N–H and O–H groups in total. The van der Waals surface area contributed by atoms with E-state index < -0.39 is 5.97 Å². The first-order valence-corrected chi connectivity index (χ1v) is 7.36. The van der Waals surface area contributed by atoms with Crippen molar-refractivity contribution in [3.8, 4) is 0 Å². The van der Waals surface area contributed by atoms with E-state index in [2.05, 4.69) is 0 Å². The minimum absolute atomic E-state index is 0.0874. The Labute approximate surface area is 108 Å². The molecule has 3 nitrogen and oxygen atoms in total. The van der Waals surface area contributed by atoms with Gasteiger partial charge in [-0.1, -0.05) is 13.8 Å². The lowest BCUT2D eigenvalue weighted by molar-refractivity contribution is 0.0700. The number of thioether (sulfide) groups is 1. The van der Waals surface area contributed by atoms with Crippen molar-refractivity contribution in [2.24, 2.45) is 5.41 Å². The Bertz CT molecular complexity index is 500. The van der Waals surface area contributed by atoms with E-state index in [0.29, 0.717) is 23.3 Å².